The Hall–Kier alpha value is -2.66. The van der Waals surface area contributed by atoms with Crippen molar-refractivity contribution in [2.24, 2.45) is 0 Å². The third kappa shape index (κ3) is 5.43. The van der Waals surface area contributed by atoms with Crippen molar-refractivity contribution in [2.45, 2.75) is 13.0 Å². The molecule has 1 aromatic carbocycles. The lowest BCUT2D eigenvalue weighted by Gasteiger charge is -2.16. The van der Waals surface area contributed by atoms with Crippen molar-refractivity contribution in [3.8, 4) is 11.8 Å². The van der Waals surface area contributed by atoms with Gasteiger partial charge in [-0.25, -0.2) is 9.37 Å². The molecular formula is C17H16BrFN4O2. The molecule has 2 N–H and O–H groups in total. The van der Waals surface area contributed by atoms with Gasteiger partial charge < -0.3 is 15.4 Å². The average molecular weight is 407 g/mol. The number of hydrogen-bond acceptors (Lipinski definition) is 5. The molecule has 2 aromatic rings. The summed E-state index contributed by atoms with van der Waals surface area (Å²) in [5, 5.41) is 14.7. The zero-order chi connectivity index (χ0) is 18.2. The van der Waals surface area contributed by atoms with Crippen molar-refractivity contribution >= 4 is 27.7 Å². The predicted molar refractivity (Wildman–Crippen MR) is 94.6 cm³/mol. The number of amides is 1. The fourth-order valence-corrected chi connectivity index (χ4v) is 2.41. The summed E-state index contributed by atoms with van der Waals surface area (Å²) >= 11 is 3.19. The van der Waals surface area contributed by atoms with E-state index in [1.54, 1.807) is 25.3 Å². The molecule has 1 amide bonds. The second-order valence-electron chi connectivity index (χ2n) is 5.06. The lowest BCUT2D eigenvalue weighted by atomic mass is 10.3. The van der Waals surface area contributed by atoms with Gasteiger partial charge in [-0.3, -0.25) is 4.79 Å². The molecule has 0 aliphatic rings. The van der Waals surface area contributed by atoms with Crippen molar-refractivity contribution in [2.75, 3.05) is 18.4 Å². The van der Waals surface area contributed by atoms with Crippen LogP contribution in [0.15, 0.2) is 41.0 Å². The number of benzene rings is 1. The summed E-state index contributed by atoms with van der Waals surface area (Å²) < 4.78 is 19.0. The van der Waals surface area contributed by atoms with E-state index in [2.05, 4.69) is 31.5 Å². The summed E-state index contributed by atoms with van der Waals surface area (Å²) in [6.45, 7) is 2.34. The monoisotopic (exact) mass is 406 g/mol. The number of nitriles is 1. The summed E-state index contributed by atoms with van der Waals surface area (Å²) in [5.74, 6) is 0.154. The van der Waals surface area contributed by atoms with E-state index in [0.29, 0.717) is 34.7 Å². The number of pyridine rings is 1. The van der Waals surface area contributed by atoms with E-state index < -0.39 is 11.9 Å². The first kappa shape index (κ1) is 18.7. The predicted octanol–water partition coefficient (Wildman–Crippen LogP) is 2.85. The largest absolute Gasteiger partial charge is 0.480 e. The van der Waals surface area contributed by atoms with Crippen LogP contribution in [0.25, 0.3) is 0 Å². The van der Waals surface area contributed by atoms with Gasteiger partial charge >= 0.3 is 0 Å². The normalized spacial score (nSPS) is 11.3. The molecule has 8 heteroatoms. The van der Waals surface area contributed by atoms with E-state index in [-0.39, 0.29) is 5.91 Å². The van der Waals surface area contributed by atoms with Crippen LogP contribution in [-0.4, -0.2) is 30.1 Å². The molecule has 0 aliphatic carbocycles. The van der Waals surface area contributed by atoms with E-state index in [4.69, 9.17) is 10.00 Å². The molecule has 1 aromatic heterocycles. The highest BCUT2D eigenvalue weighted by Gasteiger charge is 2.15. The molecule has 25 heavy (non-hydrogen) atoms. The zero-order valence-electron chi connectivity index (χ0n) is 13.4. The molecule has 130 valence electrons. The van der Waals surface area contributed by atoms with Crippen molar-refractivity contribution in [3.63, 3.8) is 0 Å². The zero-order valence-corrected chi connectivity index (χ0v) is 15.0. The Morgan fingerprint density at radius 2 is 2.24 bits per heavy atom. The van der Waals surface area contributed by atoms with Crippen LogP contribution in [0.2, 0.25) is 0 Å². The highest BCUT2D eigenvalue weighted by atomic mass is 79.9. The number of aromatic nitrogens is 1. The van der Waals surface area contributed by atoms with E-state index in [1.807, 2.05) is 6.07 Å². The summed E-state index contributed by atoms with van der Waals surface area (Å²) in [6.07, 6.45) is 0.837. The number of rotatable bonds is 7. The molecule has 1 atom stereocenters. The second-order valence-corrected chi connectivity index (χ2v) is 5.92. The second kappa shape index (κ2) is 8.99. The maximum atomic E-state index is 13.0. The molecule has 0 saturated heterocycles. The minimum absolute atomic E-state index is 0.306. The minimum atomic E-state index is -0.744. The van der Waals surface area contributed by atoms with Crippen LogP contribution in [0.5, 0.6) is 5.75 Å². The first-order valence-electron chi connectivity index (χ1n) is 7.49. The van der Waals surface area contributed by atoms with Gasteiger partial charge in [0.1, 0.15) is 23.5 Å². The van der Waals surface area contributed by atoms with Crippen LogP contribution < -0.4 is 15.4 Å². The molecule has 0 saturated carbocycles. The van der Waals surface area contributed by atoms with E-state index in [0.717, 1.165) is 0 Å². The average Bonchev–Trinajstić information content (AvgIpc) is 2.61. The summed E-state index contributed by atoms with van der Waals surface area (Å²) in [5.41, 5.74) is 0.437. The number of ether oxygens (including phenoxy) is 1. The van der Waals surface area contributed by atoms with Gasteiger partial charge in [-0.15, -0.1) is 0 Å². The first-order chi connectivity index (χ1) is 12.0. The first-order valence-corrected chi connectivity index (χ1v) is 8.29. The van der Waals surface area contributed by atoms with Gasteiger partial charge in [0.05, 0.1) is 10.0 Å². The van der Waals surface area contributed by atoms with Gasteiger partial charge in [-0.2, -0.15) is 5.26 Å². The Morgan fingerprint density at radius 3 is 2.96 bits per heavy atom. The van der Waals surface area contributed by atoms with Crippen molar-refractivity contribution in [1.82, 2.24) is 10.3 Å². The van der Waals surface area contributed by atoms with Gasteiger partial charge in [-0.1, -0.05) is 0 Å². The number of carbonyl (C=O) groups is 1. The summed E-state index contributed by atoms with van der Waals surface area (Å²) in [6, 6.07) is 9.35. The Kier molecular flexibility index (Phi) is 6.71. The molecule has 6 nitrogen and oxygen atoms in total. The smallest absolute Gasteiger partial charge is 0.260 e. The maximum Gasteiger partial charge on any atom is 0.260 e. The quantitative estimate of drug-likeness (QED) is 0.690. The SMILES string of the molecule is CC(Oc1ccc(F)cc1Br)C(=O)NCCNc1ncccc1C#N. The number of hydrogen-bond donors (Lipinski definition) is 2. The molecular weight excluding hydrogens is 391 g/mol. The number of anilines is 1. The van der Waals surface area contributed by atoms with Gasteiger partial charge in [0.25, 0.3) is 5.91 Å². The van der Waals surface area contributed by atoms with E-state index >= 15 is 0 Å². The van der Waals surface area contributed by atoms with Crippen LogP contribution in [-0.2, 0) is 4.79 Å². The Morgan fingerprint density at radius 1 is 1.44 bits per heavy atom. The van der Waals surface area contributed by atoms with Gasteiger partial charge in [0, 0.05) is 19.3 Å². The molecule has 2 rings (SSSR count). The lowest BCUT2D eigenvalue weighted by molar-refractivity contribution is -0.127. The Labute approximate surface area is 153 Å². The molecule has 0 spiro atoms. The number of halogens is 2. The van der Waals surface area contributed by atoms with Crippen molar-refractivity contribution < 1.29 is 13.9 Å². The molecule has 0 radical (unpaired) electrons. The minimum Gasteiger partial charge on any atom is -0.480 e. The van der Waals surface area contributed by atoms with Crippen LogP contribution >= 0.6 is 15.9 Å². The van der Waals surface area contributed by atoms with Crippen molar-refractivity contribution in [1.29, 1.82) is 5.26 Å². The summed E-state index contributed by atoms with van der Waals surface area (Å²) in [4.78, 5) is 16.1. The molecule has 1 unspecified atom stereocenters. The maximum absolute atomic E-state index is 13.0. The van der Waals surface area contributed by atoms with E-state index in [1.165, 1.54) is 18.2 Å². The third-order valence-corrected chi connectivity index (χ3v) is 3.83. The Bertz CT molecular complexity index is 794. The number of nitrogens with one attached hydrogen (secondary N) is 2. The van der Waals surface area contributed by atoms with Crippen LogP contribution in [0.4, 0.5) is 10.2 Å². The molecule has 0 aliphatic heterocycles. The van der Waals surface area contributed by atoms with Crippen LogP contribution in [0.3, 0.4) is 0 Å². The van der Waals surface area contributed by atoms with Gasteiger partial charge in [-0.05, 0) is 53.2 Å². The number of nitrogens with zero attached hydrogens (tertiary/aromatic N) is 2. The number of carbonyl (C=O) groups excluding carboxylic acids is 1. The highest BCUT2D eigenvalue weighted by molar-refractivity contribution is 9.10. The van der Waals surface area contributed by atoms with Gasteiger partial charge in [0.2, 0.25) is 0 Å². The fourth-order valence-electron chi connectivity index (χ4n) is 1.96. The highest BCUT2D eigenvalue weighted by Crippen LogP contribution is 2.26. The lowest BCUT2D eigenvalue weighted by Crippen LogP contribution is -2.38. The van der Waals surface area contributed by atoms with Gasteiger partial charge in [0.15, 0.2) is 6.10 Å². The fraction of sp³-hybridized carbons (Fsp3) is 0.235. The molecule has 0 fully saturated rings. The van der Waals surface area contributed by atoms with Crippen molar-refractivity contribution in [3.05, 3.63) is 52.4 Å². The van der Waals surface area contributed by atoms with E-state index in [9.17, 15) is 9.18 Å². The topological polar surface area (TPSA) is 87.0 Å². The standard InChI is InChI=1S/C17H16BrFN4O2/c1-11(25-15-5-4-13(19)9-14(15)18)17(24)23-8-7-22-16-12(10-20)3-2-6-21-16/h2-6,9,11H,7-8H2,1H3,(H,21,22)(H,23,24). The third-order valence-electron chi connectivity index (χ3n) is 3.21. The van der Waals surface area contributed by atoms with Crippen LogP contribution in [0.1, 0.15) is 12.5 Å². The molecule has 1 heterocycles. The van der Waals surface area contributed by atoms with Crippen LogP contribution in [0, 0.1) is 17.1 Å². The Balaban J connectivity index is 1.79. The summed E-state index contributed by atoms with van der Waals surface area (Å²) in [7, 11) is 0. The molecule has 0 bridgehead atoms.